The van der Waals surface area contributed by atoms with Gasteiger partial charge in [-0.3, -0.25) is 0 Å². The zero-order valence-corrected chi connectivity index (χ0v) is 29.1. The number of hydrogen-bond donors (Lipinski definition) is 8. The summed E-state index contributed by atoms with van der Waals surface area (Å²) in [5, 5.41) is 87.3. The molecule has 0 bridgehead atoms. The molecule has 266 valence electrons. The lowest BCUT2D eigenvalue weighted by Gasteiger charge is -2.72. The standard InChI is InChI=1S/C36H62O10/c1-31(2,43)12-9-13-36(8,44)19-10-15-34(6)25(19)20(38)16-23-33(5)14-11-24(39)32(3,4)29(33)21(17-35(23,34)7)45-30-28(42)27(41)26(40)22(18-37)46-30/h9,13,19-30,37-44H,10-12,14-18H2,1-8H3/b13-9+/t19-,20-,21-,22+,23+,24-,25-,26+,27-,28+,29-,30+,33+,34+,35+,36-/m0/s1. The van der Waals surface area contributed by atoms with Gasteiger partial charge >= 0.3 is 0 Å². The van der Waals surface area contributed by atoms with E-state index in [1.807, 2.05) is 6.08 Å². The molecule has 1 saturated heterocycles. The highest BCUT2D eigenvalue weighted by atomic mass is 16.7. The molecule has 8 N–H and O–H groups in total. The van der Waals surface area contributed by atoms with Gasteiger partial charge in [0, 0.05) is 0 Å². The fraction of sp³-hybridized carbons (Fsp3) is 0.944. The van der Waals surface area contributed by atoms with E-state index in [1.165, 1.54) is 0 Å². The molecular formula is C36H62O10. The molecule has 5 fully saturated rings. The molecule has 10 nitrogen and oxygen atoms in total. The topological polar surface area (TPSA) is 180 Å². The van der Waals surface area contributed by atoms with E-state index in [9.17, 15) is 40.9 Å². The molecule has 16 atom stereocenters. The fourth-order valence-electron chi connectivity index (χ4n) is 11.7. The van der Waals surface area contributed by atoms with Crippen molar-refractivity contribution in [2.45, 2.75) is 161 Å². The maximum atomic E-state index is 12.1. The van der Waals surface area contributed by atoms with Gasteiger partial charge in [0.15, 0.2) is 6.29 Å². The van der Waals surface area contributed by atoms with Crippen molar-refractivity contribution in [1.29, 1.82) is 0 Å². The van der Waals surface area contributed by atoms with Crippen LogP contribution in [0.15, 0.2) is 12.2 Å². The van der Waals surface area contributed by atoms with Crippen LogP contribution in [-0.2, 0) is 9.47 Å². The van der Waals surface area contributed by atoms with Crippen molar-refractivity contribution in [2.75, 3.05) is 6.61 Å². The highest BCUT2D eigenvalue weighted by Gasteiger charge is 2.73. The second-order valence-electron chi connectivity index (χ2n) is 17.9. The van der Waals surface area contributed by atoms with Gasteiger partial charge in [0.25, 0.3) is 0 Å². The van der Waals surface area contributed by atoms with Crippen LogP contribution in [0.2, 0.25) is 0 Å². The van der Waals surface area contributed by atoms with Crippen LogP contribution >= 0.6 is 0 Å². The average Bonchev–Trinajstić information content (AvgIpc) is 3.32. The predicted molar refractivity (Wildman–Crippen MR) is 171 cm³/mol. The Morgan fingerprint density at radius 3 is 2.13 bits per heavy atom. The van der Waals surface area contributed by atoms with Crippen molar-refractivity contribution in [3.05, 3.63) is 12.2 Å². The van der Waals surface area contributed by atoms with Gasteiger partial charge in [0.2, 0.25) is 0 Å². The highest BCUT2D eigenvalue weighted by molar-refractivity contribution is 5.23. The Morgan fingerprint density at radius 1 is 0.870 bits per heavy atom. The molecule has 4 saturated carbocycles. The molecule has 0 spiro atoms. The molecule has 0 unspecified atom stereocenters. The van der Waals surface area contributed by atoms with Crippen LogP contribution in [0.5, 0.6) is 0 Å². The Hall–Kier alpha value is -0.660. The van der Waals surface area contributed by atoms with Crippen LogP contribution in [0, 0.1) is 45.3 Å². The van der Waals surface area contributed by atoms with E-state index in [0.29, 0.717) is 25.7 Å². The van der Waals surface area contributed by atoms with Gasteiger partial charge in [-0.05, 0) is 111 Å². The van der Waals surface area contributed by atoms with Gasteiger partial charge in [-0.1, -0.05) is 46.8 Å². The van der Waals surface area contributed by atoms with Crippen LogP contribution in [0.1, 0.15) is 100 Å². The second kappa shape index (κ2) is 12.0. The molecule has 5 aliphatic rings. The zero-order valence-electron chi connectivity index (χ0n) is 29.1. The molecule has 0 aromatic heterocycles. The fourth-order valence-corrected chi connectivity index (χ4v) is 11.7. The number of ether oxygens (including phenoxy) is 2. The first-order chi connectivity index (χ1) is 21.0. The summed E-state index contributed by atoms with van der Waals surface area (Å²) in [7, 11) is 0. The number of fused-ring (bicyclic) bond motifs is 5. The van der Waals surface area contributed by atoms with E-state index >= 15 is 0 Å². The van der Waals surface area contributed by atoms with Crippen molar-refractivity contribution in [2.24, 2.45) is 45.3 Å². The molecule has 0 amide bonds. The molecule has 10 heteroatoms. The zero-order chi connectivity index (χ0) is 34.4. The van der Waals surface area contributed by atoms with E-state index in [4.69, 9.17) is 9.47 Å². The summed E-state index contributed by atoms with van der Waals surface area (Å²) in [4.78, 5) is 0. The minimum absolute atomic E-state index is 0.0807. The van der Waals surface area contributed by atoms with Gasteiger partial charge in [0.05, 0.1) is 36.1 Å². The largest absolute Gasteiger partial charge is 0.394 e. The van der Waals surface area contributed by atoms with E-state index < -0.39 is 72.2 Å². The van der Waals surface area contributed by atoms with E-state index in [1.54, 1.807) is 26.8 Å². The maximum Gasteiger partial charge on any atom is 0.186 e. The third-order valence-electron chi connectivity index (χ3n) is 14.2. The third kappa shape index (κ3) is 5.64. The molecule has 1 heterocycles. The lowest BCUT2D eigenvalue weighted by atomic mass is 9.34. The van der Waals surface area contributed by atoms with Crippen LogP contribution in [0.4, 0.5) is 0 Å². The Balaban J connectivity index is 1.54. The Labute approximate surface area is 274 Å². The first-order valence-corrected chi connectivity index (χ1v) is 17.5. The highest BCUT2D eigenvalue weighted by Crippen LogP contribution is 2.76. The first kappa shape index (κ1) is 36.6. The van der Waals surface area contributed by atoms with E-state index in [0.717, 1.165) is 19.3 Å². The lowest BCUT2D eigenvalue weighted by molar-refractivity contribution is -0.346. The van der Waals surface area contributed by atoms with Crippen molar-refractivity contribution in [3.63, 3.8) is 0 Å². The number of aliphatic hydroxyl groups is 8. The molecule has 4 aliphatic carbocycles. The predicted octanol–water partition coefficient (Wildman–Crippen LogP) is 2.27. The third-order valence-corrected chi connectivity index (χ3v) is 14.2. The first-order valence-electron chi connectivity index (χ1n) is 17.5. The Bertz CT molecular complexity index is 1130. The van der Waals surface area contributed by atoms with Gasteiger partial charge in [-0.25, -0.2) is 0 Å². The summed E-state index contributed by atoms with van der Waals surface area (Å²) in [6, 6.07) is 0. The Kier molecular flexibility index (Phi) is 9.55. The average molecular weight is 655 g/mol. The van der Waals surface area contributed by atoms with Crippen LogP contribution in [0.3, 0.4) is 0 Å². The molecule has 0 aromatic rings. The smallest absolute Gasteiger partial charge is 0.186 e. The van der Waals surface area contributed by atoms with Gasteiger partial charge < -0.3 is 50.3 Å². The monoisotopic (exact) mass is 654 g/mol. The summed E-state index contributed by atoms with van der Waals surface area (Å²) in [5.41, 5.74) is -3.80. The molecular weight excluding hydrogens is 592 g/mol. The van der Waals surface area contributed by atoms with Crippen LogP contribution in [0.25, 0.3) is 0 Å². The number of aliphatic hydroxyl groups excluding tert-OH is 6. The van der Waals surface area contributed by atoms with E-state index in [-0.39, 0.29) is 39.9 Å². The van der Waals surface area contributed by atoms with Crippen molar-refractivity contribution >= 4 is 0 Å². The van der Waals surface area contributed by atoms with Crippen molar-refractivity contribution in [3.8, 4) is 0 Å². The van der Waals surface area contributed by atoms with Crippen molar-refractivity contribution < 1.29 is 50.3 Å². The van der Waals surface area contributed by atoms with Gasteiger partial charge in [-0.2, -0.15) is 0 Å². The van der Waals surface area contributed by atoms with Crippen molar-refractivity contribution in [1.82, 2.24) is 0 Å². The molecule has 5 rings (SSSR count). The summed E-state index contributed by atoms with van der Waals surface area (Å²) >= 11 is 0. The van der Waals surface area contributed by atoms with Crippen LogP contribution in [-0.4, -0.2) is 108 Å². The SMILES string of the molecule is CC(C)(O)C/C=C/[C@](C)(O)[C@H]1CC[C@]2(C)[C@@H]1[C@@H](O)C[C@@H]1[C@@]3(C)CC[C@H](O)C(C)(C)[C@@H]3[C@@H](O[C@@H]3O[C@H](CO)[C@@H](O)[C@H](O)[C@H]3O)C[C@]12C. The number of rotatable bonds is 7. The normalized spacial score (nSPS) is 52.1. The molecule has 1 aliphatic heterocycles. The molecule has 46 heavy (non-hydrogen) atoms. The number of hydrogen-bond acceptors (Lipinski definition) is 10. The van der Waals surface area contributed by atoms with Crippen LogP contribution < -0.4 is 0 Å². The van der Waals surface area contributed by atoms with Gasteiger partial charge in [-0.15, -0.1) is 0 Å². The molecule has 0 aromatic carbocycles. The summed E-state index contributed by atoms with van der Waals surface area (Å²) < 4.78 is 12.6. The molecule has 0 radical (unpaired) electrons. The maximum absolute atomic E-state index is 12.1. The second-order valence-corrected chi connectivity index (χ2v) is 17.9. The summed E-state index contributed by atoms with van der Waals surface area (Å²) in [5.74, 6) is -0.516. The van der Waals surface area contributed by atoms with Gasteiger partial charge in [0.1, 0.15) is 24.4 Å². The minimum Gasteiger partial charge on any atom is -0.394 e. The Morgan fingerprint density at radius 2 is 1.52 bits per heavy atom. The van der Waals surface area contributed by atoms with E-state index in [2.05, 4.69) is 34.6 Å². The minimum atomic E-state index is -1.56. The lowest BCUT2D eigenvalue weighted by Crippen LogP contribution is -2.71. The summed E-state index contributed by atoms with van der Waals surface area (Å²) in [6.07, 6.45) is -0.744. The quantitative estimate of drug-likeness (QED) is 0.150. The summed E-state index contributed by atoms with van der Waals surface area (Å²) in [6.45, 7) is 15.6.